The number of ether oxygens (including phenoxy) is 1. The van der Waals surface area contributed by atoms with Crippen LogP contribution in [0.3, 0.4) is 0 Å². The minimum absolute atomic E-state index is 0.0795. The molecule has 0 spiro atoms. The van der Waals surface area contributed by atoms with Gasteiger partial charge in [0.15, 0.2) is 0 Å². The number of anilines is 1. The second-order valence-electron chi connectivity index (χ2n) is 5.44. The summed E-state index contributed by atoms with van der Waals surface area (Å²) < 4.78 is 5.09. The van der Waals surface area contributed by atoms with Gasteiger partial charge in [0.2, 0.25) is 11.8 Å². The van der Waals surface area contributed by atoms with Crippen LogP contribution in [-0.2, 0) is 9.59 Å². The van der Waals surface area contributed by atoms with E-state index >= 15 is 0 Å². The summed E-state index contributed by atoms with van der Waals surface area (Å²) in [5, 5.41) is 5.63. The van der Waals surface area contributed by atoms with E-state index in [0.717, 1.165) is 30.8 Å². The normalized spacial score (nSPS) is 17.5. The van der Waals surface area contributed by atoms with Crippen LogP contribution >= 0.6 is 0 Å². The van der Waals surface area contributed by atoms with Crippen LogP contribution in [0.25, 0.3) is 0 Å². The maximum Gasteiger partial charge on any atom is 0.241 e. The molecule has 1 atom stereocenters. The summed E-state index contributed by atoms with van der Waals surface area (Å²) >= 11 is 0. The van der Waals surface area contributed by atoms with Crippen LogP contribution in [0.2, 0.25) is 0 Å². The highest BCUT2D eigenvalue weighted by Gasteiger charge is 2.31. The number of rotatable bonds is 7. The van der Waals surface area contributed by atoms with Crippen LogP contribution in [0.1, 0.15) is 12.8 Å². The number of benzene rings is 1. The SMILES string of the molecule is C=CCNC(=O)CN1CCC[C@@H]1C(=O)Nc1ccc(OC)cc1. The van der Waals surface area contributed by atoms with E-state index in [-0.39, 0.29) is 24.4 Å². The number of carbonyl (C=O) groups excluding carboxylic acids is 2. The molecule has 1 aliphatic heterocycles. The van der Waals surface area contributed by atoms with Crippen molar-refractivity contribution in [3.05, 3.63) is 36.9 Å². The number of likely N-dealkylation sites (tertiary alicyclic amines) is 1. The number of hydrogen-bond donors (Lipinski definition) is 2. The van der Waals surface area contributed by atoms with Gasteiger partial charge in [-0.3, -0.25) is 14.5 Å². The first kappa shape index (κ1) is 17.0. The number of hydrogen-bond acceptors (Lipinski definition) is 4. The lowest BCUT2D eigenvalue weighted by Gasteiger charge is -2.23. The third-order valence-electron chi connectivity index (χ3n) is 3.81. The van der Waals surface area contributed by atoms with Crippen molar-refractivity contribution in [3.8, 4) is 5.75 Å². The third-order valence-corrected chi connectivity index (χ3v) is 3.81. The quantitative estimate of drug-likeness (QED) is 0.746. The maximum atomic E-state index is 12.4. The molecule has 2 N–H and O–H groups in total. The van der Waals surface area contributed by atoms with Gasteiger partial charge in [0.1, 0.15) is 5.75 Å². The molecule has 6 nitrogen and oxygen atoms in total. The van der Waals surface area contributed by atoms with Gasteiger partial charge in [-0.2, -0.15) is 0 Å². The summed E-state index contributed by atoms with van der Waals surface area (Å²) in [6.07, 6.45) is 3.31. The molecule has 1 aromatic carbocycles. The van der Waals surface area contributed by atoms with Crippen LogP contribution in [0.15, 0.2) is 36.9 Å². The van der Waals surface area contributed by atoms with E-state index in [4.69, 9.17) is 4.74 Å². The van der Waals surface area contributed by atoms with Gasteiger partial charge in [0, 0.05) is 12.2 Å². The second-order valence-corrected chi connectivity index (χ2v) is 5.44. The lowest BCUT2D eigenvalue weighted by Crippen LogP contribution is -2.44. The smallest absolute Gasteiger partial charge is 0.241 e. The molecule has 0 radical (unpaired) electrons. The van der Waals surface area contributed by atoms with Crippen molar-refractivity contribution in [3.63, 3.8) is 0 Å². The van der Waals surface area contributed by atoms with E-state index in [2.05, 4.69) is 17.2 Å². The predicted molar refractivity (Wildman–Crippen MR) is 89.4 cm³/mol. The number of amides is 2. The Balaban J connectivity index is 1.91. The van der Waals surface area contributed by atoms with Crippen LogP contribution in [0.4, 0.5) is 5.69 Å². The molecule has 1 fully saturated rings. The van der Waals surface area contributed by atoms with Crippen LogP contribution in [0.5, 0.6) is 5.75 Å². The Morgan fingerprint density at radius 3 is 2.78 bits per heavy atom. The zero-order valence-corrected chi connectivity index (χ0v) is 13.4. The molecule has 1 aromatic rings. The molecule has 0 bridgehead atoms. The molecule has 6 heteroatoms. The van der Waals surface area contributed by atoms with E-state index in [1.54, 1.807) is 37.5 Å². The third kappa shape index (κ3) is 4.82. The van der Waals surface area contributed by atoms with Gasteiger partial charge in [-0.1, -0.05) is 6.08 Å². The Morgan fingerprint density at radius 1 is 1.39 bits per heavy atom. The summed E-state index contributed by atoms with van der Waals surface area (Å²) in [5.74, 6) is 0.572. The first-order valence-electron chi connectivity index (χ1n) is 7.70. The summed E-state index contributed by atoms with van der Waals surface area (Å²) in [5.41, 5.74) is 0.721. The molecule has 0 aromatic heterocycles. The molecule has 1 heterocycles. The fourth-order valence-corrected chi connectivity index (χ4v) is 2.64. The molecule has 0 unspecified atom stereocenters. The first-order valence-corrected chi connectivity index (χ1v) is 7.70. The van der Waals surface area contributed by atoms with Crippen molar-refractivity contribution in [2.45, 2.75) is 18.9 Å². The minimum atomic E-state index is -0.272. The molecule has 1 saturated heterocycles. The van der Waals surface area contributed by atoms with Crippen molar-refractivity contribution in [2.24, 2.45) is 0 Å². The lowest BCUT2D eigenvalue weighted by molar-refractivity contribution is -0.124. The maximum absolute atomic E-state index is 12.4. The van der Waals surface area contributed by atoms with Gasteiger partial charge >= 0.3 is 0 Å². The molecular weight excluding hydrogens is 294 g/mol. The van der Waals surface area contributed by atoms with Crippen molar-refractivity contribution in [1.29, 1.82) is 0 Å². The van der Waals surface area contributed by atoms with Gasteiger partial charge in [-0.25, -0.2) is 0 Å². The van der Waals surface area contributed by atoms with Crippen molar-refractivity contribution in [1.82, 2.24) is 10.2 Å². The number of methoxy groups -OCH3 is 1. The number of nitrogens with one attached hydrogen (secondary N) is 2. The van der Waals surface area contributed by atoms with Crippen LogP contribution in [-0.4, -0.2) is 49.5 Å². The number of carbonyl (C=O) groups is 2. The van der Waals surface area contributed by atoms with Crippen molar-refractivity contribution >= 4 is 17.5 Å². The average Bonchev–Trinajstić information content (AvgIpc) is 3.01. The fraction of sp³-hybridized carbons (Fsp3) is 0.412. The molecule has 2 amide bonds. The highest BCUT2D eigenvalue weighted by Crippen LogP contribution is 2.20. The highest BCUT2D eigenvalue weighted by atomic mass is 16.5. The average molecular weight is 317 g/mol. The van der Waals surface area contributed by atoms with E-state index in [0.29, 0.717) is 6.54 Å². The second kappa shape index (κ2) is 8.33. The van der Waals surface area contributed by atoms with Crippen molar-refractivity contribution in [2.75, 3.05) is 32.1 Å². The summed E-state index contributed by atoms with van der Waals surface area (Å²) in [6, 6.07) is 6.92. The van der Waals surface area contributed by atoms with E-state index in [1.807, 2.05) is 4.90 Å². The summed E-state index contributed by atoms with van der Waals surface area (Å²) in [6.45, 7) is 4.99. The van der Waals surface area contributed by atoms with Crippen LogP contribution in [0, 0.1) is 0 Å². The molecule has 2 rings (SSSR count). The van der Waals surface area contributed by atoms with E-state index < -0.39 is 0 Å². The van der Waals surface area contributed by atoms with Gasteiger partial charge < -0.3 is 15.4 Å². The molecule has 0 saturated carbocycles. The zero-order chi connectivity index (χ0) is 16.7. The van der Waals surface area contributed by atoms with E-state index in [1.165, 1.54) is 0 Å². The van der Waals surface area contributed by atoms with Crippen LogP contribution < -0.4 is 15.4 Å². The standard InChI is InChI=1S/C17H23N3O3/c1-3-10-18-16(21)12-20-11-4-5-15(20)17(22)19-13-6-8-14(23-2)9-7-13/h3,6-9,15H,1,4-5,10-12H2,2H3,(H,18,21)(H,19,22)/t15-/m1/s1. The molecule has 1 aliphatic rings. The molecule has 0 aliphatic carbocycles. The topological polar surface area (TPSA) is 70.7 Å². The predicted octanol–water partition coefficient (Wildman–Crippen LogP) is 1.40. The highest BCUT2D eigenvalue weighted by molar-refractivity contribution is 5.95. The Labute approximate surface area is 136 Å². The van der Waals surface area contributed by atoms with E-state index in [9.17, 15) is 9.59 Å². The summed E-state index contributed by atoms with van der Waals surface area (Å²) in [4.78, 5) is 26.2. The summed E-state index contributed by atoms with van der Waals surface area (Å²) in [7, 11) is 1.60. The molecule has 23 heavy (non-hydrogen) atoms. The van der Waals surface area contributed by atoms with Gasteiger partial charge in [-0.15, -0.1) is 6.58 Å². The minimum Gasteiger partial charge on any atom is -0.497 e. The molecule has 124 valence electrons. The van der Waals surface area contributed by atoms with Gasteiger partial charge in [0.05, 0.1) is 19.7 Å². The first-order chi connectivity index (χ1) is 11.1. The Hall–Kier alpha value is -2.34. The fourth-order valence-electron chi connectivity index (χ4n) is 2.64. The lowest BCUT2D eigenvalue weighted by atomic mass is 10.2. The Bertz CT molecular complexity index is 557. The molecular formula is C17H23N3O3. The van der Waals surface area contributed by atoms with Gasteiger partial charge in [-0.05, 0) is 43.7 Å². The number of nitrogens with zero attached hydrogens (tertiary/aromatic N) is 1. The van der Waals surface area contributed by atoms with Gasteiger partial charge in [0.25, 0.3) is 0 Å². The Morgan fingerprint density at radius 2 is 2.13 bits per heavy atom. The Kier molecular flexibility index (Phi) is 6.17. The largest absolute Gasteiger partial charge is 0.497 e. The van der Waals surface area contributed by atoms with Crippen molar-refractivity contribution < 1.29 is 14.3 Å². The zero-order valence-electron chi connectivity index (χ0n) is 13.4. The monoisotopic (exact) mass is 317 g/mol.